The number of nitrogen functional groups attached to an aromatic ring is 1. The topological polar surface area (TPSA) is 82.3 Å². The Morgan fingerprint density at radius 2 is 1.94 bits per heavy atom. The van der Waals surface area contributed by atoms with E-state index in [9.17, 15) is 13.2 Å². The van der Waals surface area contributed by atoms with Gasteiger partial charge in [-0.1, -0.05) is 0 Å². The van der Waals surface area contributed by atoms with Gasteiger partial charge < -0.3 is 20.5 Å². The Bertz CT molecular complexity index is 1140. The van der Waals surface area contributed by atoms with Gasteiger partial charge in [-0.05, 0) is 62.2 Å². The maximum absolute atomic E-state index is 13.4. The minimum Gasteiger partial charge on any atom is -0.488 e. The number of nitrogens with zero attached hydrogens (tertiary/aromatic N) is 2. The summed E-state index contributed by atoms with van der Waals surface area (Å²) in [5.74, 6) is 1.14. The van der Waals surface area contributed by atoms with Crippen LogP contribution in [0.5, 0.6) is 5.75 Å². The molecule has 4 rings (SSSR count). The second-order valence-corrected chi connectivity index (χ2v) is 8.09. The Morgan fingerprint density at radius 3 is 2.62 bits per heavy atom. The van der Waals surface area contributed by atoms with E-state index in [2.05, 4.69) is 15.5 Å². The van der Waals surface area contributed by atoms with Gasteiger partial charge in [0.15, 0.2) is 5.82 Å². The summed E-state index contributed by atoms with van der Waals surface area (Å²) in [4.78, 5) is 0. The van der Waals surface area contributed by atoms with Crippen molar-refractivity contribution in [1.29, 1.82) is 0 Å². The standard InChI is InChI=1S/C23H25F3N4O2/c1-12-19(8-15(27)9-21(12)23(24,25)26)13(2)28-22-20-10-16(32-17-6-7-31-11-17)4-5-18(20)14(3)29-30-22/h4-5,8-10,13,17H,6-7,11,27H2,1-3H3,(H,28,30)/t13?,17-/m0/s1. The van der Waals surface area contributed by atoms with Crippen LogP contribution < -0.4 is 15.8 Å². The van der Waals surface area contributed by atoms with Crippen molar-refractivity contribution >= 4 is 22.3 Å². The average molecular weight is 446 g/mol. The molecule has 6 nitrogen and oxygen atoms in total. The number of ether oxygens (including phenoxy) is 2. The lowest BCUT2D eigenvalue weighted by atomic mass is 9.96. The monoisotopic (exact) mass is 446 g/mol. The molecular weight excluding hydrogens is 421 g/mol. The first-order valence-electron chi connectivity index (χ1n) is 10.4. The van der Waals surface area contributed by atoms with Gasteiger partial charge in [-0.15, -0.1) is 5.10 Å². The zero-order chi connectivity index (χ0) is 23.0. The Morgan fingerprint density at radius 1 is 1.16 bits per heavy atom. The van der Waals surface area contributed by atoms with Gasteiger partial charge in [-0.3, -0.25) is 0 Å². The summed E-state index contributed by atoms with van der Waals surface area (Å²) < 4.78 is 51.7. The quantitative estimate of drug-likeness (QED) is 0.525. The number of halogens is 3. The number of rotatable bonds is 5. The number of aryl methyl sites for hydroxylation is 1. The van der Waals surface area contributed by atoms with E-state index in [-0.39, 0.29) is 17.4 Å². The van der Waals surface area contributed by atoms with Crippen molar-refractivity contribution < 1.29 is 22.6 Å². The van der Waals surface area contributed by atoms with E-state index in [4.69, 9.17) is 15.2 Å². The number of benzene rings is 2. The molecule has 0 radical (unpaired) electrons. The highest BCUT2D eigenvalue weighted by atomic mass is 19.4. The van der Waals surface area contributed by atoms with Crippen molar-refractivity contribution in [1.82, 2.24) is 10.2 Å². The van der Waals surface area contributed by atoms with Crippen LogP contribution in [0.3, 0.4) is 0 Å². The number of aromatic nitrogens is 2. The predicted octanol–water partition coefficient (Wildman–Crippen LogP) is 5.19. The number of anilines is 2. The van der Waals surface area contributed by atoms with E-state index < -0.39 is 17.8 Å². The normalized spacial score (nSPS) is 17.5. The molecule has 2 atom stereocenters. The van der Waals surface area contributed by atoms with Crippen LogP contribution in [0, 0.1) is 13.8 Å². The summed E-state index contributed by atoms with van der Waals surface area (Å²) in [6.45, 7) is 6.29. The van der Waals surface area contributed by atoms with Crippen LogP contribution in [0.1, 0.15) is 41.8 Å². The number of hydrogen-bond donors (Lipinski definition) is 2. The molecule has 0 saturated carbocycles. The Kier molecular flexibility index (Phi) is 5.85. The molecule has 1 unspecified atom stereocenters. The zero-order valence-electron chi connectivity index (χ0n) is 18.1. The van der Waals surface area contributed by atoms with Crippen LogP contribution >= 0.6 is 0 Å². The molecule has 0 bridgehead atoms. The van der Waals surface area contributed by atoms with Gasteiger partial charge >= 0.3 is 6.18 Å². The SMILES string of the molecule is Cc1c(C(C)Nc2nnc(C)c3ccc(O[C@H]4CCOC4)cc23)cc(N)cc1C(F)(F)F. The van der Waals surface area contributed by atoms with Crippen LogP contribution in [-0.2, 0) is 10.9 Å². The molecule has 9 heteroatoms. The smallest absolute Gasteiger partial charge is 0.416 e. The molecule has 0 amide bonds. The van der Waals surface area contributed by atoms with Crippen molar-refractivity contribution in [2.75, 3.05) is 24.3 Å². The van der Waals surface area contributed by atoms with E-state index in [0.29, 0.717) is 30.3 Å². The molecule has 1 aromatic heterocycles. The summed E-state index contributed by atoms with van der Waals surface area (Å²) in [7, 11) is 0. The first-order valence-corrected chi connectivity index (χ1v) is 10.4. The fourth-order valence-electron chi connectivity index (χ4n) is 4.03. The van der Waals surface area contributed by atoms with Crippen molar-refractivity contribution in [3.05, 3.63) is 52.7 Å². The highest BCUT2D eigenvalue weighted by Gasteiger charge is 2.34. The first-order chi connectivity index (χ1) is 15.1. The molecule has 2 heterocycles. The Balaban J connectivity index is 1.69. The fourth-order valence-corrected chi connectivity index (χ4v) is 4.03. The van der Waals surface area contributed by atoms with Crippen molar-refractivity contribution in [3.8, 4) is 5.75 Å². The fraction of sp³-hybridized carbons (Fsp3) is 0.391. The van der Waals surface area contributed by atoms with E-state index in [0.717, 1.165) is 29.0 Å². The van der Waals surface area contributed by atoms with Crippen molar-refractivity contribution in [2.24, 2.45) is 0 Å². The molecule has 170 valence electrons. The van der Waals surface area contributed by atoms with Crippen molar-refractivity contribution in [3.63, 3.8) is 0 Å². The predicted molar refractivity (Wildman–Crippen MR) is 117 cm³/mol. The summed E-state index contributed by atoms with van der Waals surface area (Å²) in [6.07, 6.45) is -3.67. The van der Waals surface area contributed by atoms with Crippen LogP contribution in [0.2, 0.25) is 0 Å². The zero-order valence-corrected chi connectivity index (χ0v) is 18.1. The third kappa shape index (κ3) is 4.43. The van der Waals surface area contributed by atoms with E-state index >= 15 is 0 Å². The van der Waals surface area contributed by atoms with Crippen molar-refractivity contribution in [2.45, 2.75) is 45.5 Å². The summed E-state index contributed by atoms with van der Waals surface area (Å²) in [5.41, 5.74) is 6.42. The second kappa shape index (κ2) is 8.46. The van der Waals surface area contributed by atoms with Gasteiger partial charge in [0.05, 0.1) is 30.5 Å². The Labute approximate surface area is 183 Å². The first kappa shape index (κ1) is 22.1. The molecule has 2 aromatic carbocycles. The van der Waals surface area contributed by atoms with Gasteiger partial charge in [0.1, 0.15) is 11.9 Å². The lowest BCUT2D eigenvalue weighted by molar-refractivity contribution is -0.138. The second-order valence-electron chi connectivity index (χ2n) is 8.09. The molecule has 1 aliphatic rings. The van der Waals surface area contributed by atoms with Gasteiger partial charge in [0.2, 0.25) is 0 Å². The highest BCUT2D eigenvalue weighted by Crippen LogP contribution is 2.37. The number of nitrogens with two attached hydrogens (primary N) is 1. The lowest BCUT2D eigenvalue weighted by Crippen LogP contribution is -2.16. The molecule has 1 fully saturated rings. The Hall–Kier alpha value is -3.07. The molecule has 3 N–H and O–H groups in total. The molecule has 1 saturated heterocycles. The van der Waals surface area contributed by atoms with E-state index in [1.165, 1.54) is 6.92 Å². The van der Waals surface area contributed by atoms with Crippen LogP contribution in [0.15, 0.2) is 30.3 Å². The molecule has 1 aliphatic heterocycles. The molecule has 32 heavy (non-hydrogen) atoms. The third-order valence-corrected chi connectivity index (χ3v) is 5.72. The van der Waals surface area contributed by atoms with Gasteiger partial charge in [-0.2, -0.15) is 18.3 Å². The minimum atomic E-state index is -4.49. The molecular formula is C23H25F3N4O2. The number of alkyl halides is 3. The minimum absolute atomic E-state index is 0.00518. The van der Waals surface area contributed by atoms with Crippen LogP contribution in [0.4, 0.5) is 24.7 Å². The van der Waals surface area contributed by atoms with Gasteiger partial charge in [0.25, 0.3) is 0 Å². The van der Waals surface area contributed by atoms with Crippen LogP contribution in [0.25, 0.3) is 10.8 Å². The van der Waals surface area contributed by atoms with Gasteiger partial charge in [0, 0.05) is 22.9 Å². The average Bonchev–Trinajstić information content (AvgIpc) is 3.23. The van der Waals surface area contributed by atoms with Gasteiger partial charge in [-0.25, -0.2) is 0 Å². The molecule has 0 spiro atoms. The number of fused-ring (bicyclic) bond motifs is 1. The van der Waals surface area contributed by atoms with E-state index in [1.807, 2.05) is 25.1 Å². The number of nitrogens with one attached hydrogen (secondary N) is 1. The van der Waals surface area contributed by atoms with E-state index in [1.54, 1.807) is 13.0 Å². The largest absolute Gasteiger partial charge is 0.488 e. The number of hydrogen-bond acceptors (Lipinski definition) is 6. The summed E-state index contributed by atoms with van der Waals surface area (Å²) in [6, 6.07) is 7.68. The summed E-state index contributed by atoms with van der Waals surface area (Å²) in [5, 5.41) is 13.4. The molecule has 0 aliphatic carbocycles. The third-order valence-electron chi connectivity index (χ3n) is 5.72. The van der Waals surface area contributed by atoms with Crippen LogP contribution in [-0.4, -0.2) is 29.5 Å². The molecule has 3 aromatic rings. The lowest BCUT2D eigenvalue weighted by Gasteiger charge is -2.22. The summed E-state index contributed by atoms with van der Waals surface area (Å²) >= 11 is 0. The maximum atomic E-state index is 13.4. The maximum Gasteiger partial charge on any atom is 0.416 e. The highest BCUT2D eigenvalue weighted by molar-refractivity contribution is 5.94.